The van der Waals surface area contributed by atoms with Crippen LogP contribution in [0.1, 0.15) is 40.0 Å². The monoisotopic (exact) mass is 303 g/mol. The average Bonchev–Trinajstić information content (AvgIpc) is 2.58. The molecule has 0 spiro atoms. The molecule has 20 heavy (non-hydrogen) atoms. The number of rotatable bonds is 6. The van der Waals surface area contributed by atoms with Crippen LogP contribution in [0.4, 0.5) is 22.0 Å². The van der Waals surface area contributed by atoms with Gasteiger partial charge in [0.25, 0.3) is 0 Å². The highest BCUT2D eigenvalue weighted by Gasteiger charge is 2.58. The van der Waals surface area contributed by atoms with E-state index in [1.807, 2.05) is 20.8 Å². The maximum atomic E-state index is 12.9. The molecule has 0 bridgehead atoms. The summed E-state index contributed by atoms with van der Waals surface area (Å²) in [5, 5.41) is 3.20. The summed E-state index contributed by atoms with van der Waals surface area (Å²) in [5.74, 6) is -4.80. The van der Waals surface area contributed by atoms with Crippen molar-refractivity contribution >= 4 is 0 Å². The Morgan fingerprint density at radius 2 is 1.80 bits per heavy atom. The molecule has 1 N–H and O–H groups in total. The molecule has 1 aliphatic carbocycles. The van der Waals surface area contributed by atoms with Gasteiger partial charge in [-0.25, -0.2) is 0 Å². The summed E-state index contributed by atoms with van der Waals surface area (Å²) in [5.41, 5.74) is -0.173. The van der Waals surface area contributed by atoms with Crippen molar-refractivity contribution < 1.29 is 26.7 Å². The lowest BCUT2D eigenvalue weighted by atomic mass is 9.87. The predicted octanol–water partition coefficient (Wildman–Crippen LogP) is 3.76. The fourth-order valence-corrected chi connectivity index (χ4v) is 2.52. The molecular formula is C13H22F5NO. The maximum absolute atomic E-state index is 12.9. The Labute approximate surface area is 116 Å². The van der Waals surface area contributed by atoms with Crippen LogP contribution < -0.4 is 5.32 Å². The normalized spacial score (nSPS) is 27.0. The smallest absolute Gasteiger partial charge is 0.370 e. The van der Waals surface area contributed by atoms with E-state index in [0.29, 0.717) is 13.0 Å². The molecule has 0 amide bonds. The molecule has 2 nitrogen and oxygen atoms in total. The third-order valence-electron chi connectivity index (χ3n) is 3.79. The van der Waals surface area contributed by atoms with E-state index in [9.17, 15) is 22.0 Å². The van der Waals surface area contributed by atoms with Crippen LogP contribution in [0.3, 0.4) is 0 Å². The molecule has 0 aromatic rings. The van der Waals surface area contributed by atoms with E-state index in [4.69, 9.17) is 4.74 Å². The molecular weight excluding hydrogens is 281 g/mol. The van der Waals surface area contributed by atoms with E-state index in [1.165, 1.54) is 0 Å². The van der Waals surface area contributed by atoms with Crippen molar-refractivity contribution in [3.63, 3.8) is 0 Å². The van der Waals surface area contributed by atoms with E-state index >= 15 is 0 Å². The van der Waals surface area contributed by atoms with Gasteiger partial charge in [0.15, 0.2) is 0 Å². The second-order valence-corrected chi connectivity index (χ2v) is 6.01. The molecule has 120 valence electrons. The predicted molar refractivity (Wildman–Crippen MR) is 65.8 cm³/mol. The van der Waals surface area contributed by atoms with Gasteiger partial charge >= 0.3 is 12.1 Å². The van der Waals surface area contributed by atoms with Crippen LogP contribution in [-0.4, -0.2) is 37.4 Å². The molecule has 1 saturated carbocycles. The molecule has 0 saturated heterocycles. The van der Waals surface area contributed by atoms with E-state index in [1.54, 1.807) is 0 Å². The molecule has 7 heteroatoms. The van der Waals surface area contributed by atoms with Gasteiger partial charge in [-0.15, -0.1) is 0 Å². The van der Waals surface area contributed by atoms with Crippen molar-refractivity contribution in [3.05, 3.63) is 0 Å². The maximum Gasteiger partial charge on any atom is 0.455 e. The highest BCUT2D eigenvalue weighted by atomic mass is 19.4. The summed E-state index contributed by atoms with van der Waals surface area (Å²) in [4.78, 5) is 0. The van der Waals surface area contributed by atoms with Crippen LogP contribution in [0.2, 0.25) is 0 Å². The zero-order chi connectivity index (χ0) is 15.6. The van der Waals surface area contributed by atoms with Crippen molar-refractivity contribution in [3.8, 4) is 0 Å². The van der Waals surface area contributed by atoms with Crippen molar-refractivity contribution in [1.29, 1.82) is 0 Å². The molecule has 0 aliphatic heterocycles. The van der Waals surface area contributed by atoms with Crippen molar-refractivity contribution in [2.45, 2.75) is 64.3 Å². The summed E-state index contributed by atoms with van der Waals surface area (Å²) in [6, 6.07) is -0.202. The second kappa shape index (κ2) is 6.13. The van der Waals surface area contributed by atoms with Gasteiger partial charge in [0.2, 0.25) is 0 Å². The van der Waals surface area contributed by atoms with Crippen LogP contribution in [0.25, 0.3) is 0 Å². The lowest BCUT2D eigenvalue weighted by molar-refractivity contribution is -0.300. The fourth-order valence-electron chi connectivity index (χ4n) is 2.52. The molecule has 0 heterocycles. The standard InChI is InChI=1S/C13H22F5NO/c1-4-7-19-10-9(5-6-11(10,2)3)20-8-12(14,15)13(16,17)18/h9-10,19H,4-8H2,1-3H3. The van der Waals surface area contributed by atoms with Gasteiger partial charge < -0.3 is 10.1 Å². The Morgan fingerprint density at radius 3 is 2.30 bits per heavy atom. The van der Waals surface area contributed by atoms with E-state index in [2.05, 4.69) is 5.32 Å². The highest BCUT2D eigenvalue weighted by molar-refractivity contribution is 4.97. The minimum Gasteiger partial charge on any atom is -0.370 e. The van der Waals surface area contributed by atoms with Gasteiger partial charge in [0.1, 0.15) is 6.61 Å². The quantitative estimate of drug-likeness (QED) is 0.754. The van der Waals surface area contributed by atoms with Crippen molar-refractivity contribution in [2.75, 3.05) is 13.2 Å². The number of hydrogen-bond acceptors (Lipinski definition) is 2. The van der Waals surface area contributed by atoms with Gasteiger partial charge in [-0.2, -0.15) is 22.0 Å². The first kappa shape index (κ1) is 17.6. The zero-order valence-electron chi connectivity index (χ0n) is 12.0. The molecule has 1 rings (SSSR count). The van der Waals surface area contributed by atoms with E-state index < -0.39 is 24.8 Å². The van der Waals surface area contributed by atoms with Crippen LogP contribution in [-0.2, 0) is 4.74 Å². The van der Waals surface area contributed by atoms with Gasteiger partial charge in [0.05, 0.1) is 6.10 Å². The van der Waals surface area contributed by atoms with E-state index in [-0.39, 0.29) is 11.5 Å². The first-order valence-electron chi connectivity index (χ1n) is 6.81. The van der Waals surface area contributed by atoms with E-state index in [0.717, 1.165) is 12.8 Å². The largest absolute Gasteiger partial charge is 0.455 e. The number of hydrogen-bond donors (Lipinski definition) is 1. The van der Waals surface area contributed by atoms with Crippen LogP contribution in [0.15, 0.2) is 0 Å². The number of alkyl halides is 5. The first-order chi connectivity index (χ1) is 9.01. The van der Waals surface area contributed by atoms with Gasteiger partial charge in [-0.1, -0.05) is 20.8 Å². The first-order valence-corrected chi connectivity index (χ1v) is 6.81. The Kier molecular flexibility index (Phi) is 5.40. The molecule has 1 aliphatic rings. The number of nitrogens with one attached hydrogen (secondary N) is 1. The third-order valence-corrected chi connectivity index (χ3v) is 3.79. The van der Waals surface area contributed by atoms with Crippen LogP contribution in [0, 0.1) is 5.41 Å². The summed E-state index contributed by atoms with van der Waals surface area (Å²) in [6.45, 7) is 4.96. The minimum absolute atomic E-state index is 0.173. The molecule has 1 fully saturated rings. The molecule has 0 aromatic carbocycles. The topological polar surface area (TPSA) is 21.3 Å². The average molecular weight is 303 g/mol. The number of halogens is 5. The Hall–Kier alpha value is -0.430. The van der Waals surface area contributed by atoms with Crippen molar-refractivity contribution in [1.82, 2.24) is 5.32 Å². The van der Waals surface area contributed by atoms with Gasteiger partial charge in [-0.05, 0) is 31.2 Å². The fraction of sp³-hybridized carbons (Fsp3) is 1.00. The minimum atomic E-state index is -5.56. The van der Waals surface area contributed by atoms with Crippen molar-refractivity contribution in [2.24, 2.45) is 5.41 Å². The third kappa shape index (κ3) is 4.04. The highest BCUT2D eigenvalue weighted by Crippen LogP contribution is 2.41. The Bertz CT molecular complexity index is 316. The summed E-state index contributed by atoms with van der Waals surface area (Å²) >= 11 is 0. The lowest BCUT2D eigenvalue weighted by Crippen LogP contribution is -2.48. The summed E-state index contributed by atoms with van der Waals surface area (Å²) in [7, 11) is 0. The Morgan fingerprint density at radius 1 is 1.20 bits per heavy atom. The zero-order valence-corrected chi connectivity index (χ0v) is 12.0. The summed E-state index contributed by atoms with van der Waals surface area (Å²) < 4.78 is 67.0. The molecule has 2 unspecified atom stereocenters. The van der Waals surface area contributed by atoms with Gasteiger partial charge in [0, 0.05) is 6.04 Å². The van der Waals surface area contributed by atoms with Gasteiger partial charge in [-0.3, -0.25) is 0 Å². The van der Waals surface area contributed by atoms with Crippen LogP contribution in [0.5, 0.6) is 0 Å². The molecule has 0 aromatic heterocycles. The Balaban J connectivity index is 2.62. The SMILES string of the molecule is CCCNC1C(OCC(F)(F)C(F)(F)F)CCC1(C)C. The molecule has 2 atom stereocenters. The summed E-state index contributed by atoms with van der Waals surface area (Å²) in [6.07, 6.45) is -4.09. The molecule has 0 radical (unpaired) electrons. The lowest BCUT2D eigenvalue weighted by Gasteiger charge is -2.32. The number of ether oxygens (including phenoxy) is 1. The van der Waals surface area contributed by atoms with Crippen LogP contribution >= 0.6 is 0 Å². The second-order valence-electron chi connectivity index (χ2n) is 6.01.